The van der Waals surface area contributed by atoms with Crippen molar-refractivity contribution in [1.29, 1.82) is 0 Å². The smallest absolute Gasteiger partial charge is 0.326 e. The minimum atomic E-state index is -1.01. The number of aliphatic carboxylic acids is 2. The number of carbonyl (C=O) groups excluding carboxylic acids is 1. The Morgan fingerprint density at radius 1 is 1.12 bits per heavy atom. The summed E-state index contributed by atoms with van der Waals surface area (Å²) < 4.78 is 0. The maximum absolute atomic E-state index is 12.9. The molecule has 0 aromatic carbocycles. The van der Waals surface area contributed by atoms with Crippen LogP contribution in [0.5, 0.6) is 0 Å². The van der Waals surface area contributed by atoms with Gasteiger partial charge in [0.25, 0.3) is 0 Å². The first-order valence-corrected chi connectivity index (χ1v) is 9.60. The summed E-state index contributed by atoms with van der Waals surface area (Å²) in [5.74, 6) is -2.35. The van der Waals surface area contributed by atoms with E-state index >= 15 is 0 Å². The van der Waals surface area contributed by atoms with Crippen molar-refractivity contribution in [2.24, 2.45) is 5.73 Å². The third-order valence-electron chi connectivity index (χ3n) is 4.89. The average Bonchev–Trinajstić information content (AvgIpc) is 2.71. The first-order chi connectivity index (χ1) is 12.4. The minimum Gasteiger partial charge on any atom is -0.480 e. The predicted octanol–water partition coefficient (Wildman–Crippen LogP) is 1.18. The second-order valence-electron chi connectivity index (χ2n) is 7.01. The zero-order chi connectivity index (χ0) is 19.5. The van der Waals surface area contributed by atoms with Crippen molar-refractivity contribution in [1.82, 2.24) is 10.2 Å². The van der Waals surface area contributed by atoms with Crippen molar-refractivity contribution >= 4 is 17.8 Å². The molecule has 0 aromatic rings. The molecular formula is C18H33N3O5. The van der Waals surface area contributed by atoms with Gasteiger partial charge in [0, 0.05) is 6.54 Å². The molecule has 1 amide bonds. The molecular weight excluding hydrogens is 338 g/mol. The van der Waals surface area contributed by atoms with Gasteiger partial charge in [-0.25, -0.2) is 4.79 Å². The Bertz CT molecular complexity index is 472. The monoisotopic (exact) mass is 371 g/mol. The van der Waals surface area contributed by atoms with E-state index in [9.17, 15) is 24.6 Å². The van der Waals surface area contributed by atoms with Gasteiger partial charge in [-0.05, 0) is 39.2 Å². The lowest BCUT2D eigenvalue weighted by atomic mass is 10.1. The fourth-order valence-corrected chi connectivity index (χ4v) is 3.38. The van der Waals surface area contributed by atoms with Gasteiger partial charge in [0.15, 0.2) is 0 Å². The van der Waals surface area contributed by atoms with Crippen LogP contribution in [0.1, 0.15) is 64.7 Å². The fourth-order valence-electron chi connectivity index (χ4n) is 3.38. The molecule has 0 radical (unpaired) electrons. The van der Waals surface area contributed by atoms with Crippen LogP contribution in [-0.2, 0) is 14.4 Å². The Labute approximate surface area is 155 Å². The molecule has 0 saturated carbocycles. The van der Waals surface area contributed by atoms with Crippen molar-refractivity contribution in [2.75, 3.05) is 13.1 Å². The van der Waals surface area contributed by atoms with Crippen LogP contribution >= 0.6 is 0 Å². The van der Waals surface area contributed by atoms with Crippen LogP contribution in [0.4, 0.5) is 0 Å². The summed E-state index contributed by atoms with van der Waals surface area (Å²) in [6.45, 7) is 2.49. The van der Waals surface area contributed by atoms with Gasteiger partial charge < -0.3 is 20.8 Å². The van der Waals surface area contributed by atoms with Gasteiger partial charge in [-0.3, -0.25) is 14.9 Å². The highest BCUT2D eigenvalue weighted by Crippen LogP contribution is 2.18. The molecule has 8 heteroatoms. The summed E-state index contributed by atoms with van der Waals surface area (Å²) in [5.41, 5.74) is 5.44. The molecule has 1 saturated heterocycles. The van der Waals surface area contributed by atoms with Crippen LogP contribution < -0.4 is 11.1 Å². The number of nitrogens with two attached hydrogens (primary N) is 1. The van der Waals surface area contributed by atoms with Gasteiger partial charge in [-0.2, -0.15) is 0 Å². The lowest BCUT2D eigenvalue weighted by Gasteiger charge is -2.32. The molecule has 0 bridgehead atoms. The second-order valence-corrected chi connectivity index (χ2v) is 7.01. The van der Waals surface area contributed by atoms with Gasteiger partial charge in [0.05, 0.1) is 6.04 Å². The molecule has 26 heavy (non-hydrogen) atoms. The van der Waals surface area contributed by atoms with Gasteiger partial charge in [-0.1, -0.05) is 32.1 Å². The van der Waals surface area contributed by atoms with E-state index in [0.717, 1.165) is 38.5 Å². The highest BCUT2D eigenvalue weighted by molar-refractivity contribution is 5.87. The van der Waals surface area contributed by atoms with Crippen LogP contribution in [0.3, 0.4) is 0 Å². The van der Waals surface area contributed by atoms with Crippen LogP contribution in [0.25, 0.3) is 0 Å². The zero-order valence-electron chi connectivity index (χ0n) is 15.7. The Balaban J connectivity index is 2.79. The Morgan fingerprint density at radius 2 is 1.77 bits per heavy atom. The fraction of sp³-hybridized carbons (Fsp3) is 0.833. The topological polar surface area (TPSA) is 133 Å². The number of amides is 1. The van der Waals surface area contributed by atoms with Crippen LogP contribution in [0.15, 0.2) is 0 Å². The third-order valence-corrected chi connectivity index (χ3v) is 4.89. The van der Waals surface area contributed by atoms with Crippen molar-refractivity contribution in [3.63, 3.8) is 0 Å². The first kappa shape index (κ1) is 22.4. The SMILES string of the molecule is C[C@H](N[C@@H](CCCCN)C(=O)O)C(=O)N1CCCCCCC[C@H]1C(=O)O. The van der Waals surface area contributed by atoms with Crippen molar-refractivity contribution in [3.05, 3.63) is 0 Å². The van der Waals surface area contributed by atoms with E-state index in [4.69, 9.17) is 5.73 Å². The van der Waals surface area contributed by atoms with Crippen molar-refractivity contribution in [2.45, 2.75) is 82.8 Å². The van der Waals surface area contributed by atoms with Crippen molar-refractivity contribution in [3.8, 4) is 0 Å². The van der Waals surface area contributed by atoms with Gasteiger partial charge in [0.1, 0.15) is 12.1 Å². The van der Waals surface area contributed by atoms with E-state index in [1.807, 2.05) is 0 Å². The third kappa shape index (κ3) is 7.29. The van der Waals surface area contributed by atoms with Gasteiger partial charge in [0.2, 0.25) is 5.91 Å². The number of carboxylic acids is 2. The van der Waals surface area contributed by atoms with Gasteiger partial charge in [-0.15, -0.1) is 0 Å². The number of carbonyl (C=O) groups is 3. The number of hydrogen-bond donors (Lipinski definition) is 4. The summed E-state index contributed by atoms with van der Waals surface area (Å²) in [6, 6.07) is -2.44. The number of rotatable bonds is 9. The summed E-state index contributed by atoms with van der Waals surface area (Å²) in [6.07, 6.45) is 6.73. The van der Waals surface area contributed by atoms with E-state index in [1.165, 1.54) is 4.90 Å². The molecule has 0 spiro atoms. The van der Waals surface area contributed by atoms with E-state index in [0.29, 0.717) is 32.4 Å². The predicted molar refractivity (Wildman–Crippen MR) is 97.8 cm³/mol. The number of nitrogens with one attached hydrogen (secondary N) is 1. The minimum absolute atomic E-state index is 0.343. The molecule has 1 aliphatic heterocycles. The molecule has 3 atom stereocenters. The molecule has 1 fully saturated rings. The van der Waals surface area contributed by atoms with E-state index in [-0.39, 0.29) is 5.91 Å². The summed E-state index contributed by atoms with van der Waals surface area (Å²) in [5, 5.41) is 21.8. The quantitative estimate of drug-likeness (QED) is 0.447. The number of unbranched alkanes of at least 4 members (excludes halogenated alkanes) is 1. The second kappa shape index (κ2) is 11.9. The molecule has 1 heterocycles. The molecule has 0 unspecified atom stereocenters. The van der Waals surface area contributed by atoms with Crippen molar-refractivity contribution < 1.29 is 24.6 Å². The number of nitrogens with zero attached hydrogens (tertiary/aromatic N) is 1. The van der Waals surface area contributed by atoms with Crippen LogP contribution in [0.2, 0.25) is 0 Å². The Morgan fingerprint density at radius 3 is 2.38 bits per heavy atom. The lowest BCUT2D eigenvalue weighted by molar-refractivity contribution is -0.152. The van der Waals surface area contributed by atoms with Crippen LogP contribution in [-0.4, -0.2) is 64.2 Å². The molecule has 5 N–H and O–H groups in total. The largest absolute Gasteiger partial charge is 0.480 e. The summed E-state index contributed by atoms with van der Waals surface area (Å²) >= 11 is 0. The maximum Gasteiger partial charge on any atom is 0.326 e. The molecule has 0 aliphatic carbocycles. The highest BCUT2D eigenvalue weighted by Gasteiger charge is 2.33. The molecule has 150 valence electrons. The Kier molecular flexibility index (Phi) is 10.2. The summed E-state index contributed by atoms with van der Waals surface area (Å²) in [7, 11) is 0. The first-order valence-electron chi connectivity index (χ1n) is 9.60. The molecule has 0 aromatic heterocycles. The number of hydrogen-bond acceptors (Lipinski definition) is 5. The molecule has 1 rings (SSSR count). The summed E-state index contributed by atoms with van der Waals surface area (Å²) in [4.78, 5) is 37.4. The van der Waals surface area contributed by atoms with Gasteiger partial charge >= 0.3 is 11.9 Å². The maximum atomic E-state index is 12.9. The Hall–Kier alpha value is -1.67. The molecule has 1 aliphatic rings. The highest BCUT2D eigenvalue weighted by atomic mass is 16.4. The van der Waals surface area contributed by atoms with E-state index in [2.05, 4.69) is 5.32 Å². The van der Waals surface area contributed by atoms with E-state index < -0.39 is 30.1 Å². The molecule has 8 nitrogen and oxygen atoms in total. The number of carboxylic acid groups (broad SMARTS) is 2. The van der Waals surface area contributed by atoms with Crippen LogP contribution in [0, 0.1) is 0 Å². The zero-order valence-corrected chi connectivity index (χ0v) is 15.7. The normalized spacial score (nSPS) is 21.2. The standard InChI is InChI=1S/C18H33N3O5/c1-13(20-14(17(23)24)9-6-7-11-19)16(22)21-12-8-4-2-3-5-10-15(21)18(25)26/h13-15,20H,2-12,19H2,1H3,(H,23,24)(H,25,26)/t13-,14-,15-/m0/s1. The average molecular weight is 371 g/mol. The van der Waals surface area contributed by atoms with E-state index in [1.54, 1.807) is 6.92 Å². The lowest BCUT2D eigenvalue weighted by Crippen LogP contribution is -2.55.